The monoisotopic (exact) mass is 869 g/mol. The zero-order valence-electron chi connectivity index (χ0n) is 39.1. The Bertz CT molecular complexity index is 4370. The predicted molar refractivity (Wildman–Crippen MR) is 287 cm³/mol. The van der Waals surface area contributed by atoms with Crippen molar-refractivity contribution in [3.63, 3.8) is 0 Å². The number of nitrogens with zero attached hydrogens (tertiary/aromatic N) is 3. The summed E-state index contributed by atoms with van der Waals surface area (Å²) >= 11 is 1.94. The van der Waals surface area contributed by atoms with E-state index in [4.69, 9.17) is 0 Å². The molecule has 0 aliphatic carbocycles. The van der Waals surface area contributed by atoms with Crippen LogP contribution in [-0.2, 0) is 16.2 Å². The van der Waals surface area contributed by atoms with Crippen LogP contribution < -0.4 is 0 Å². The van der Waals surface area contributed by atoms with E-state index >= 15 is 0 Å². The Balaban J connectivity index is 1.18. The Kier molecular flexibility index (Phi) is 7.28. The van der Waals surface area contributed by atoms with E-state index < -0.39 is 0 Å². The van der Waals surface area contributed by atoms with Crippen LogP contribution in [0, 0.1) is 0 Å². The summed E-state index contributed by atoms with van der Waals surface area (Å²) in [6.07, 6.45) is 0. The first-order valence-corrected chi connectivity index (χ1v) is 24.4. The lowest BCUT2D eigenvalue weighted by atomic mass is 9.82. The average Bonchev–Trinajstić information content (AvgIpc) is 4.13. The fourth-order valence-electron chi connectivity index (χ4n) is 11.7. The molecular weight excluding hydrogens is 819 g/mol. The third-order valence-corrected chi connectivity index (χ3v) is 16.3. The summed E-state index contributed by atoms with van der Waals surface area (Å²) in [7, 11) is 0. The van der Waals surface area contributed by atoms with E-state index in [0.717, 1.165) is 0 Å². The second-order valence-corrected chi connectivity index (χ2v) is 23.3. The lowest BCUT2D eigenvalue weighted by molar-refractivity contribution is 0.591. The Labute approximate surface area is 387 Å². The molecular formula is C62H51N3S. The Morgan fingerprint density at radius 3 is 1.53 bits per heavy atom. The van der Waals surface area contributed by atoms with E-state index in [0.29, 0.717) is 0 Å². The zero-order valence-corrected chi connectivity index (χ0v) is 39.9. The van der Waals surface area contributed by atoms with Crippen LogP contribution in [0.1, 0.15) is 79.0 Å². The van der Waals surface area contributed by atoms with Gasteiger partial charge in [0.15, 0.2) is 0 Å². The van der Waals surface area contributed by atoms with Crippen molar-refractivity contribution in [2.45, 2.75) is 78.6 Å². The minimum atomic E-state index is -0.0633. The highest BCUT2D eigenvalue weighted by Gasteiger charge is 2.31. The number of hydrogen-bond acceptors (Lipinski definition) is 1. The maximum Gasteiger partial charge on any atom is 0.0728 e. The van der Waals surface area contributed by atoms with Gasteiger partial charge >= 0.3 is 0 Å². The van der Waals surface area contributed by atoms with E-state index in [1.165, 1.54) is 141 Å². The van der Waals surface area contributed by atoms with Gasteiger partial charge in [-0.2, -0.15) is 0 Å². The number of para-hydroxylation sites is 2. The highest BCUT2D eigenvalue weighted by atomic mass is 32.1. The van der Waals surface area contributed by atoms with Gasteiger partial charge in [-0.3, -0.25) is 0 Å². The fourth-order valence-corrected chi connectivity index (χ4v) is 13.0. The van der Waals surface area contributed by atoms with Gasteiger partial charge in [-0.05, 0) is 123 Å². The minimum Gasteiger partial charge on any atom is -0.309 e. The number of benzene rings is 8. The second kappa shape index (κ2) is 12.5. The van der Waals surface area contributed by atoms with Crippen molar-refractivity contribution in [1.82, 2.24) is 13.4 Å². The number of rotatable bonds is 2. The quantitative estimate of drug-likeness (QED) is 0.164. The molecule has 0 aliphatic heterocycles. The first-order chi connectivity index (χ1) is 31.6. The molecule has 0 spiro atoms. The van der Waals surface area contributed by atoms with Gasteiger partial charge in [-0.1, -0.05) is 123 Å². The van der Waals surface area contributed by atoms with Crippen LogP contribution in [0.2, 0.25) is 0 Å². The maximum atomic E-state index is 2.66. The molecule has 0 atom stereocenters. The largest absolute Gasteiger partial charge is 0.309 e. The molecule has 66 heavy (non-hydrogen) atoms. The SMILES string of the molecule is CC(C)(C)c1cc(-c2ccc3c(c2)c2ccccc2n3-c2ccccc2)c2c(c1)c1cc(C(C)(C)C)cc3c4c5c6cc(C(C)(C)C)cc7c8sc9ccccc9c8n(c5ccc4n2c13)c76. The van der Waals surface area contributed by atoms with Crippen molar-refractivity contribution in [3.05, 3.63) is 162 Å². The number of hydrogen-bond donors (Lipinski definition) is 0. The van der Waals surface area contributed by atoms with Crippen molar-refractivity contribution >= 4 is 119 Å². The summed E-state index contributed by atoms with van der Waals surface area (Å²) in [6, 6.07) is 56.0. The van der Waals surface area contributed by atoms with Gasteiger partial charge in [0, 0.05) is 69.8 Å². The van der Waals surface area contributed by atoms with Crippen LogP contribution in [0.5, 0.6) is 0 Å². The summed E-state index contributed by atoms with van der Waals surface area (Å²) in [5, 5.41) is 13.3. The number of aromatic nitrogens is 3. The Morgan fingerprint density at radius 1 is 0.364 bits per heavy atom. The van der Waals surface area contributed by atoms with Crippen LogP contribution in [0.15, 0.2) is 146 Å². The molecule has 0 saturated heterocycles. The number of fused-ring (bicyclic) bond motifs is 18. The van der Waals surface area contributed by atoms with E-state index in [9.17, 15) is 0 Å². The molecule has 6 heterocycles. The summed E-state index contributed by atoms with van der Waals surface area (Å²) in [5.41, 5.74) is 17.9. The Morgan fingerprint density at radius 2 is 0.864 bits per heavy atom. The van der Waals surface area contributed by atoms with Crippen LogP contribution in [0.25, 0.3) is 124 Å². The molecule has 4 heteroatoms. The molecule has 0 bridgehead atoms. The smallest absolute Gasteiger partial charge is 0.0728 e. The summed E-state index contributed by atoms with van der Waals surface area (Å²) in [4.78, 5) is 0. The molecule has 14 rings (SSSR count). The van der Waals surface area contributed by atoms with E-state index in [1.807, 2.05) is 11.3 Å². The number of thiophene rings is 1. The van der Waals surface area contributed by atoms with Gasteiger partial charge in [0.2, 0.25) is 0 Å². The van der Waals surface area contributed by atoms with Gasteiger partial charge in [0.05, 0.1) is 48.8 Å². The molecule has 320 valence electrons. The highest BCUT2D eigenvalue weighted by Crippen LogP contribution is 2.52. The van der Waals surface area contributed by atoms with Gasteiger partial charge in [-0.15, -0.1) is 11.3 Å². The standard InChI is InChI=1S/C62H51N3S/c1-60(2,3)35-28-41(34-23-24-49-42(27-34)39-19-13-15-21-48(39)63(49)38-17-11-10-12-18-38)55-43(29-35)44-30-36(61(4,5)6)31-45-53-50(64(55)56(44)45)25-26-51-54(53)46-32-37(62(7,8)9)33-47-57(46)65(51)58-40-20-14-16-22-52(40)66-59(47)58/h10-33H,1-9H3. The van der Waals surface area contributed by atoms with Crippen molar-refractivity contribution in [2.24, 2.45) is 0 Å². The lowest BCUT2D eigenvalue weighted by Gasteiger charge is -2.22. The minimum absolute atomic E-state index is 0.0223. The maximum absolute atomic E-state index is 2.66. The molecule has 3 nitrogen and oxygen atoms in total. The van der Waals surface area contributed by atoms with Crippen molar-refractivity contribution in [3.8, 4) is 16.8 Å². The summed E-state index contributed by atoms with van der Waals surface area (Å²) < 4.78 is 10.4. The molecule has 0 unspecified atom stereocenters. The average molecular weight is 870 g/mol. The lowest BCUT2D eigenvalue weighted by Crippen LogP contribution is -2.11. The molecule has 14 aromatic rings. The van der Waals surface area contributed by atoms with Crippen LogP contribution in [0.4, 0.5) is 0 Å². The van der Waals surface area contributed by atoms with Crippen LogP contribution >= 0.6 is 11.3 Å². The molecule has 0 saturated carbocycles. The van der Waals surface area contributed by atoms with Gasteiger partial charge in [0.1, 0.15) is 0 Å². The van der Waals surface area contributed by atoms with E-state index in [1.54, 1.807) is 0 Å². The van der Waals surface area contributed by atoms with Gasteiger partial charge in [-0.25, -0.2) is 0 Å². The van der Waals surface area contributed by atoms with Crippen molar-refractivity contribution in [1.29, 1.82) is 0 Å². The normalized spacial score (nSPS) is 13.5. The zero-order chi connectivity index (χ0) is 44.9. The Hall–Kier alpha value is -6.88. The predicted octanol–water partition coefficient (Wildman–Crippen LogP) is 17.9. The fraction of sp³-hybridized carbons (Fsp3) is 0.194. The first-order valence-electron chi connectivity index (χ1n) is 23.6. The molecule has 0 aliphatic rings. The van der Waals surface area contributed by atoms with E-state index in [2.05, 4.69) is 221 Å². The summed E-state index contributed by atoms with van der Waals surface area (Å²) in [6.45, 7) is 21.3. The molecule has 6 aromatic heterocycles. The molecule has 8 aromatic carbocycles. The van der Waals surface area contributed by atoms with Crippen molar-refractivity contribution in [2.75, 3.05) is 0 Å². The molecule has 0 N–H and O–H groups in total. The summed E-state index contributed by atoms with van der Waals surface area (Å²) in [5.74, 6) is 0. The molecule has 0 radical (unpaired) electrons. The first kappa shape index (κ1) is 38.4. The topological polar surface area (TPSA) is 13.8 Å². The van der Waals surface area contributed by atoms with Crippen LogP contribution in [0.3, 0.4) is 0 Å². The molecule has 0 fully saturated rings. The second-order valence-electron chi connectivity index (χ2n) is 22.2. The third-order valence-electron chi connectivity index (χ3n) is 15.1. The van der Waals surface area contributed by atoms with Gasteiger partial charge < -0.3 is 13.4 Å². The third kappa shape index (κ3) is 4.93. The van der Waals surface area contributed by atoms with Crippen LogP contribution in [-0.4, -0.2) is 13.4 Å². The highest BCUT2D eigenvalue weighted by molar-refractivity contribution is 7.26. The van der Waals surface area contributed by atoms with Gasteiger partial charge in [0.25, 0.3) is 0 Å². The van der Waals surface area contributed by atoms with E-state index in [-0.39, 0.29) is 16.2 Å². The van der Waals surface area contributed by atoms with Crippen molar-refractivity contribution < 1.29 is 0 Å². The molecule has 0 amide bonds.